The maximum Gasteiger partial charge on any atom is 0.141 e. The van der Waals surface area contributed by atoms with Gasteiger partial charge in [0.2, 0.25) is 0 Å². The highest BCUT2D eigenvalue weighted by Gasteiger charge is 2.45. The summed E-state index contributed by atoms with van der Waals surface area (Å²) in [6.07, 6.45) is -0.274. The van der Waals surface area contributed by atoms with Crippen molar-refractivity contribution in [2.45, 2.75) is 18.1 Å². The number of hydrogen-bond donors (Lipinski definition) is 2. The zero-order valence-electron chi connectivity index (χ0n) is 9.38. The summed E-state index contributed by atoms with van der Waals surface area (Å²) in [6, 6.07) is 17.0. The van der Waals surface area contributed by atoms with Crippen LogP contribution in [0.5, 0.6) is 0 Å². The van der Waals surface area contributed by atoms with E-state index >= 15 is 0 Å². The number of rotatable bonds is 1. The molecule has 0 amide bonds. The number of hydrogen-bond acceptors (Lipinski definition) is 2. The standard InChI is InChI=1S/C15H14O2/c16-14-10-11-6-4-5-9-13(11)15(14,17)12-7-2-1-3-8-12/h1-9,14,16-17H,10H2. The Balaban J connectivity index is 2.20. The van der Waals surface area contributed by atoms with Crippen molar-refractivity contribution in [2.75, 3.05) is 0 Å². The Morgan fingerprint density at radius 2 is 1.59 bits per heavy atom. The summed E-state index contributed by atoms with van der Waals surface area (Å²) in [6.45, 7) is 0. The van der Waals surface area contributed by atoms with E-state index in [1.54, 1.807) is 0 Å². The average Bonchev–Trinajstić information content (AvgIpc) is 2.64. The molecule has 2 N–H and O–H groups in total. The van der Waals surface area contributed by atoms with Crippen molar-refractivity contribution in [3.63, 3.8) is 0 Å². The van der Waals surface area contributed by atoms with E-state index in [0.717, 1.165) is 16.7 Å². The zero-order valence-corrected chi connectivity index (χ0v) is 9.38. The Kier molecular flexibility index (Phi) is 2.28. The molecule has 0 spiro atoms. The van der Waals surface area contributed by atoms with Crippen molar-refractivity contribution in [3.05, 3.63) is 71.3 Å². The first-order valence-electron chi connectivity index (χ1n) is 5.77. The molecule has 0 bridgehead atoms. The van der Waals surface area contributed by atoms with Crippen molar-refractivity contribution in [3.8, 4) is 0 Å². The molecule has 2 atom stereocenters. The molecule has 0 saturated carbocycles. The fraction of sp³-hybridized carbons (Fsp3) is 0.200. The third-order valence-corrected chi connectivity index (χ3v) is 3.54. The molecule has 0 saturated heterocycles. The van der Waals surface area contributed by atoms with Crippen molar-refractivity contribution < 1.29 is 10.2 Å². The van der Waals surface area contributed by atoms with Gasteiger partial charge in [-0.3, -0.25) is 0 Å². The first-order chi connectivity index (χ1) is 8.23. The fourth-order valence-electron chi connectivity index (χ4n) is 2.65. The molecule has 0 aromatic heterocycles. The molecular weight excluding hydrogens is 212 g/mol. The minimum Gasteiger partial charge on any atom is -0.389 e. The molecule has 0 heterocycles. The lowest BCUT2D eigenvalue weighted by Crippen LogP contribution is -2.36. The summed E-state index contributed by atoms with van der Waals surface area (Å²) in [5.74, 6) is 0. The molecule has 0 fully saturated rings. The lowest BCUT2D eigenvalue weighted by molar-refractivity contribution is -0.0356. The molecule has 2 heteroatoms. The molecule has 2 aromatic rings. The highest BCUT2D eigenvalue weighted by Crippen LogP contribution is 2.41. The topological polar surface area (TPSA) is 40.5 Å². The van der Waals surface area contributed by atoms with Crippen LogP contribution in [0.3, 0.4) is 0 Å². The van der Waals surface area contributed by atoms with Crippen LogP contribution >= 0.6 is 0 Å². The molecule has 17 heavy (non-hydrogen) atoms. The summed E-state index contributed by atoms with van der Waals surface area (Å²) in [7, 11) is 0. The number of benzene rings is 2. The van der Waals surface area contributed by atoms with Gasteiger partial charge in [0.1, 0.15) is 5.60 Å². The summed E-state index contributed by atoms with van der Waals surface area (Å²) in [4.78, 5) is 0. The second-order valence-corrected chi connectivity index (χ2v) is 4.51. The Bertz CT molecular complexity index is 536. The van der Waals surface area contributed by atoms with Crippen LogP contribution in [0.1, 0.15) is 16.7 Å². The van der Waals surface area contributed by atoms with Gasteiger partial charge in [0.15, 0.2) is 0 Å². The third kappa shape index (κ3) is 1.42. The van der Waals surface area contributed by atoms with Crippen LogP contribution in [0.4, 0.5) is 0 Å². The van der Waals surface area contributed by atoms with Crippen LogP contribution in [0.25, 0.3) is 0 Å². The van der Waals surface area contributed by atoms with E-state index in [9.17, 15) is 10.2 Å². The Labute approximate surface area is 100 Å². The van der Waals surface area contributed by atoms with Crippen LogP contribution in [0, 0.1) is 0 Å². The quantitative estimate of drug-likeness (QED) is 0.779. The summed E-state index contributed by atoms with van der Waals surface area (Å²) in [5.41, 5.74) is 1.32. The van der Waals surface area contributed by atoms with E-state index < -0.39 is 11.7 Å². The van der Waals surface area contributed by atoms with Gasteiger partial charge in [0.25, 0.3) is 0 Å². The SMILES string of the molecule is OC1Cc2ccccc2C1(O)c1ccccc1. The van der Waals surface area contributed by atoms with E-state index in [1.807, 2.05) is 54.6 Å². The number of aliphatic hydroxyl groups excluding tert-OH is 1. The molecule has 1 aliphatic rings. The van der Waals surface area contributed by atoms with Crippen molar-refractivity contribution in [1.82, 2.24) is 0 Å². The molecule has 2 aromatic carbocycles. The summed E-state index contributed by atoms with van der Waals surface area (Å²) in [5, 5.41) is 21.0. The molecular formula is C15H14O2. The number of aliphatic hydroxyl groups is 2. The van der Waals surface area contributed by atoms with E-state index in [2.05, 4.69) is 0 Å². The molecule has 2 nitrogen and oxygen atoms in total. The number of fused-ring (bicyclic) bond motifs is 1. The molecule has 3 rings (SSSR count). The first-order valence-corrected chi connectivity index (χ1v) is 5.77. The maximum absolute atomic E-state index is 10.8. The second-order valence-electron chi connectivity index (χ2n) is 4.51. The smallest absolute Gasteiger partial charge is 0.141 e. The van der Waals surface area contributed by atoms with E-state index in [-0.39, 0.29) is 0 Å². The highest BCUT2D eigenvalue weighted by atomic mass is 16.3. The predicted molar refractivity (Wildman–Crippen MR) is 65.6 cm³/mol. The van der Waals surface area contributed by atoms with Gasteiger partial charge in [0.05, 0.1) is 6.10 Å². The van der Waals surface area contributed by atoms with Crippen LogP contribution < -0.4 is 0 Å². The van der Waals surface area contributed by atoms with Gasteiger partial charge in [-0.25, -0.2) is 0 Å². The second kappa shape index (κ2) is 3.69. The maximum atomic E-state index is 10.8. The third-order valence-electron chi connectivity index (χ3n) is 3.54. The van der Waals surface area contributed by atoms with Crippen molar-refractivity contribution in [2.24, 2.45) is 0 Å². The molecule has 86 valence electrons. The van der Waals surface area contributed by atoms with E-state index in [4.69, 9.17) is 0 Å². The van der Waals surface area contributed by atoms with Crippen molar-refractivity contribution in [1.29, 1.82) is 0 Å². The predicted octanol–water partition coefficient (Wildman–Crippen LogP) is 1.84. The monoisotopic (exact) mass is 226 g/mol. The lowest BCUT2D eigenvalue weighted by Gasteiger charge is -2.28. The first kappa shape index (κ1) is 10.5. The van der Waals surface area contributed by atoms with Gasteiger partial charge < -0.3 is 10.2 Å². The normalized spacial score (nSPS) is 26.8. The fourth-order valence-corrected chi connectivity index (χ4v) is 2.65. The van der Waals surface area contributed by atoms with E-state index in [0.29, 0.717) is 6.42 Å². The minimum atomic E-state index is -1.27. The molecule has 2 unspecified atom stereocenters. The average molecular weight is 226 g/mol. The lowest BCUT2D eigenvalue weighted by atomic mass is 9.86. The largest absolute Gasteiger partial charge is 0.389 e. The van der Waals surface area contributed by atoms with Crippen LogP contribution in [0.15, 0.2) is 54.6 Å². The van der Waals surface area contributed by atoms with Gasteiger partial charge >= 0.3 is 0 Å². The van der Waals surface area contributed by atoms with Gasteiger partial charge in [-0.05, 0) is 16.7 Å². The summed E-state index contributed by atoms with van der Waals surface area (Å²) >= 11 is 0. The van der Waals surface area contributed by atoms with Crippen LogP contribution in [-0.4, -0.2) is 16.3 Å². The Morgan fingerprint density at radius 1 is 0.941 bits per heavy atom. The van der Waals surface area contributed by atoms with Gasteiger partial charge in [0, 0.05) is 6.42 Å². The van der Waals surface area contributed by atoms with Gasteiger partial charge in [-0.15, -0.1) is 0 Å². The van der Waals surface area contributed by atoms with Gasteiger partial charge in [-0.1, -0.05) is 54.6 Å². The molecule has 0 aliphatic heterocycles. The van der Waals surface area contributed by atoms with Crippen LogP contribution in [0.2, 0.25) is 0 Å². The zero-order chi connectivity index (χ0) is 11.9. The Morgan fingerprint density at radius 3 is 2.35 bits per heavy atom. The summed E-state index contributed by atoms with van der Waals surface area (Å²) < 4.78 is 0. The van der Waals surface area contributed by atoms with Crippen molar-refractivity contribution >= 4 is 0 Å². The minimum absolute atomic E-state index is 0.502. The van der Waals surface area contributed by atoms with Crippen LogP contribution in [-0.2, 0) is 12.0 Å². The van der Waals surface area contributed by atoms with Gasteiger partial charge in [-0.2, -0.15) is 0 Å². The highest BCUT2D eigenvalue weighted by molar-refractivity contribution is 5.47. The molecule has 0 radical (unpaired) electrons. The van der Waals surface area contributed by atoms with E-state index in [1.165, 1.54) is 0 Å². The Hall–Kier alpha value is -1.64. The molecule has 1 aliphatic carbocycles.